The van der Waals surface area contributed by atoms with Crippen molar-refractivity contribution >= 4 is 17.2 Å². The maximum atomic E-state index is 12.4. The molecule has 1 amide bonds. The zero-order chi connectivity index (χ0) is 15.3. The van der Waals surface area contributed by atoms with Crippen molar-refractivity contribution in [2.75, 3.05) is 13.7 Å². The Bertz CT molecular complexity index is 577. The van der Waals surface area contributed by atoms with Crippen LogP contribution in [0.3, 0.4) is 0 Å². The lowest BCUT2D eigenvalue weighted by Gasteiger charge is -2.24. The van der Waals surface area contributed by atoms with E-state index in [1.54, 1.807) is 24.6 Å². The standard InChI is InChI=1S/C16H20N2O2S/c1-16(2,12-4-6-13(20-3)7-5-12)15(19)18-9-8-14-17-10-11-21-14/h4-7,10-11H,8-9H2,1-3H3,(H,18,19). The predicted molar refractivity (Wildman–Crippen MR) is 84.8 cm³/mol. The molecule has 4 nitrogen and oxygen atoms in total. The summed E-state index contributed by atoms with van der Waals surface area (Å²) in [6, 6.07) is 7.61. The third kappa shape index (κ3) is 3.82. The molecule has 0 aliphatic carbocycles. The lowest BCUT2D eigenvalue weighted by Crippen LogP contribution is -2.40. The van der Waals surface area contributed by atoms with E-state index in [0.717, 1.165) is 22.7 Å². The van der Waals surface area contributed by atoms with Crippen LogP contribution in [0.2, 0.25) is 0 Å². The maximum Gasteiger partial charge on any atom is 0.230 e. The van der Waals surface area contributed by atoms with Crippen LogP contribution in [0.1, 0.15) is 24.4 Å². The molecule has 1 aromatic carbocycles. The summed E-state index contributed by atoms with van der Waals surface area (Å²) in [6.07, 6.45) is 2.55. The fraction of sp³-hybridized carbons (Fsp3) is 0.375. The van der Waals surface area contributed by atoms with Gasteiger partial charge in [-0.3, -0.25) is 4.79 Å². The van der Waals surface area contributed by atoms with Crippen molar-refractivity contribution in [1.82, 2.24) is 10.3 Å². The summed E-state index contributed by atoms with van der Waals surface area (Å²) in [6.45, 7) is 4.45. The van der Waals surface area contributed by atoms with Gasteiger partial charge in [0.05, 0.1) is 17.5 Å². The van der Waals surface area contributed by atoms with E-state index < -0.39 is 5.41 Å². The van der Waals surface area contributed by atoms with Gasteiger partial charge in [0.15, 0.2) is 0 Å². The highest BCUT2D eigenvalue weighted by Crippen LogP contribution is 2.25. The van der Waals surface area contributed by atoms with Crippen LogP contribution in [0, 0.1) is 0 Å². The van der Waals surface area contributed by atoms with Crippen molar-refractivity contribution in [3.05, 3.63) is 46.4 Å². The number of nitrogens with zero attached hydrogens (tertiary/aromatic N) is 1. The Morgan fingerprint density at radius 1 is 1.33 bits per heavy atom. The smallest absolute Gasteiger partial charge is 0.230 e. The third-order valence-corrected chi connectivity index (χ3v) is 4.33. The van der Waals surface area contributed by atoms with Crippen molar-refractivity contribution in [3.63, 3.8) is 0 Å². The van der Waals surface area contributed by atoms with E-state index >= 15 is 0 Å². The third-order valence-electron chi connectivity index (χ3n) is 3.49. The van der Waals surface area contributed by atoms with Crippen LogP contribution in [-0.2, 0) is 16.6 Å². The Kier molecular flexibility index (Phi) is 4.96. The first kappa shape index (κ1) is 15.5. The van der Waals surface area contributed by atoms with Gasteiger partial charge < -0.3 is 10.1 Å². The van der Waals surface area contributed by atoms with Gasteiger partial charge in [0.25, 0.3) is 0 Å². The van der Waals surface area contributed by atoms with Crippen LogP contribution in [0.4, 0.5) is 0 Å². The number of rotatable bonds is 6. The van der Waals surface area contributed by atoms with E-state index in [9.17, 15) is 4.79 Å². The molecule has 2 rings (SSSR count). The van der Waals surface area contributed by atoms with Crippen molar-refractivity contribution < 1.29 is 9.53 Å². The van der Waals surface area contributed by atoms with Gasteiger partial charge in [-0.1, -0.05) is 12.1 Å². The molecule has 2 aromatic rings. The van der Waals surface area contributed by atoms with Gasteiger partial charge in [0, 0.05) is 24.5 Å². The first-order valence-electron chi connectivity index (χ1n) is 6.85. The number of benzene rings is 1. The molecule has 0 fully saturated rings. The molecule has 1 N–H and O–H groups in total. The molecule has 1 aromatic heterocycles. The van der Waals surface area contributed by atoms with Crippen molar-refractivity contribution in [3.8, 4) is 5.75 Å². The van der Waals surface area contributed by atoms with Gasteiger partial charge in [-0.05, 0) is 31.5 Å². The normalized spacial score (nSPS) is 11.2. The summed E-state index contributed by atoms with van der Waals surface area (Å²) in [5.74, 6) is 0.808. The Labute approximate surface area is 129 Å². The summed E-state index contributed by atoms with van der Waals surface area (Å²) in [4.78, 5) is 16.6. The molecule has 0 bridgehead atoms. The molecule has 0 aliphatic rings. The number of thiazole rings is 1. The molecule has 5 heteroatoms. The van der Waals surface area contributed by atoms with E-state index in [2.05, 4.69) is 10.3 Å². The molecule has 0 aliphatic heterocycles. The molecule has 21 heavy (non-hydrogen) atoms. The summed E-state index contributed by atoms with van der Waals surface area (Å²) < 4.78 is 5.14. The number of aromatic nitrogens is 1. The number of carbonyl (C=O) groups excluding carboxylic acids is 1. The van der Waals surface area contributed by atoms with Crippen LogP contribution < -0.4 is 10.1 Å². The fourth-order valence-electron chi connectivity index (χ4n) is 2.02. The number of methoxy groups -OCH3 is 1. The maximum absolute atomic E-state index is 12.4. The highest BCUT2D eigenvalue weighted by Gasteiger charge is 2.29. The minimum absolute atomic E-state index is 0.0178. The molecular weight excluding hydrogens is 284 g/mol. The Morgan fingerprint density at radius 3 is 2.62 bits per heavy atom. The number of amides is 1. The average molecular weight is 304 g/mol. The molecule has 0 unspecified atom stereocenters. The first-order chi connectivity index (χ1) is 10.0. The van der Waals surface area contributed by atoms with Crippen molar-refractivity contribution in [2.45, 2.75) is 25.7 Å². The summed E-state index contributed by atoms with van der Waals surface area (Å²) >= 11 is 1.61. The number of ether oxygens (including phenoxy) is 1. The second-order valence-corrected chi connectivity index (χ2v) is 6.26. The van der Waals surface area contributed by atoms with Crippen molar-refractivity contribution in [1.29, 1.82) is 0 Å². The van der Waals surface area contributed by atoms with Crippen LogP contribution in [0.15, 0.2) is 35.8 Å². The molecule has 1 heterocycles. The lowest BCUT2D eigenvalue weighted by atomic mass is 9.83. The molecule has 0 saturated heterocycles. The number of carbonyl (C=O) groups is 1. The minimum atomic E-state index is -0.574. The highest BCUT2D eigenvalue weighted by atomic mass is 32.1. The van der Waals surface area contributed by atoms with Crippen LogP contribution in [0.5, 0.6) is 5.75 Å². The monoisotopic (exact) mass is 304 g/mol. The summed E-state index contributed by atoms with van der Waals surface area (Å²) in [5, 5.41) is 5.97. The first-order valence-corrected chi connectivity index (χ1v) is 7.73. The van der Waals surface area contributed by atoms with Gasteiger partial charge in [-0.15, -0.1) is 11.3 Å². The Morgan fingerprint density at radius 2 is 2.05 bits per heavy atom. The van der Waals surface area contributed by atoms with E-state index in [1.165, 1.54) is 0 Å². The molecule has 0 spiro atoms. The van der Waals surface area contributed by atoms with Gasteiger partial charge >= 0.3 is 0 Å². The SMILES string of the molecule is COc1ccc(C(C)(C)C(=O)NCCc2nccs2)cc1. The zero-order valence-electron chi connectivity index (χ0n) is 12.6. The number of hydrogen-bond acceptors (Lipinski definition) is 4. The van der Waals surface area contributed by atoms with E-state index in [0.29, 0.717) is 6.54 Å². The van der Waals surface area contributed by atoms with Crippen LogP contribution >= 0.6 is 11.3 Å². The average Bonchev–Trinajstić information content (AvgIpc) is 3.00. The topological polar surface area (TPSA) is 51.2 Å². The highest BCUT2D eigenvalue weighted by molar-refractivity contribution is 7.09. The van der Waals surface area contributed by atoms with Gasteiger partial charge in [0.2, 0.25) is 5.91 Å². The quantitative estimate of drug-likeness (QED) is 0.893. The van der Waals surface area contributed by atoms with E-state index in [-0.39, 0.29) is 5.91 Å². The molecule has 0 saturated carbocycles. The summed E-state index contributed by atoms with van der Waals surface area (Å²) in [7, 11) is 1.63. The minimum Gasteiger partial charge on any atom is -0.497 e. The van der Waals surface area contributed by atoms with E-state index in [4.69, 9.17) is 4.74 Å². The number of hydrogen-bond donors (Lipinski definition) is 1. The van der Waals surface area contributed by atoms with Gasteiger partial charge in [0.1, 0.15) is 5.75 Å². The molecule has 0 radical (unpaired) electrons. The number of nitrogens with one attached hydrogen (secondary N) is 1. The summed E-state index contributed by atoms with van der Waals surface area (Å²) in [5.41, 5.74) is 0.393. The Balaban J connectivity index is 1.95. The second-order valence-electron chi connectivity index (χ2n) is 5.29. The van der Waals surface area contributed by atoms with Crippen LogP contribution in [-0.4, -0.2) is 24.5 Å². The lowest BCUT2D eigenvalue weighted by molar-refractivity contribution is -0.125. The van der Waals surface area contributed by atoms with Gasteiger partial charge in [-0.2, -0.15) is 0 Å². The Hall–Kier alpha value is -1.88. The van der Waals surface area contributed by atoms with Gasteiger partial charge in [-0.25, -0.2) is 4.98 Å². The van der Waals surface area contributed by atoms with Crippen LogP contribution in [0.25, 0.3) is 0 Å². The molecule has 0 atom stereocenters. The largest absolute Gasteiger partial charge is 0.497 e. The zero-order valence-corrected chi connectivity index (χ0v) is 13.4. The molecule has 112 valence electrons. The fourth-order valence-corrected chi connectivity index (χ4v) is 2.64. The van der Waals surface area contributed by atoms with E-state index in [1.807, 2.05) is 43.5 Å². The second kappa shape index (κ2) is 6.72. The predicted octanol–water partition coefficient (Wildman–Crippen LogP) is 2.79. The van der Waals surface area contributed by atoms with Crippen molar-refractivity contribution in [2.24, 2.45) is 0 Å². The molecular formula is C16H20N2O2S.